The van der Waals surface area contributed by atoms with E-state index in [2.05, 4.69) is 20.4 Å². The largest absolute Gasteiger partial charge is 0.480 e. The summed E-state index contributed by atoms with van der Waals surface area (Å²) >= 11 is 5.86. The molecule has 4 N–H and O–H groups in total. The number of nitrogen functional groups attached to an aromatic ring is 1. The van der Waals surface area contributed by atoms with Gasteiger partial charge in [0.05, 0.1) is 30.2 Å². The number of hydrogen-bond acceptors (Lipinski definition) is 7. The lowest BCUT2D eigenvalue weighted by Crippen LogP contribution is -2.26. The smallest absolute Gasteiger partial charge is 0.418 e. The van der Waals surface area contributed by atoms with E-state index in [1.165, 1.54) is 13.2 Å². The number of ether oxygens (including phenoxy) is 1. The van der Waals surface area contributed by atoms with Crippen LogP contribution < -0.4 is 15.8 Å². The Hall–Kier alpha value is -3.90. The number of hydrogen-bond donors (Lipinski definition) is 3. The number of nitrogens with zero attached hydrogens (tertiary/aromatic N) is 4. The van der Waals surface area contributed by atoms with Gasteiger partial charge in [-0.15, -0.1) is 0 Å². The monoisotopic (exact) mass is 534 g/mol. The molecule has 0 spiro atoms. The van der Waals surface area contributed by atoms with Crippen LogP contribution in [-0.2, 0) is 6.18 Å². The Balaban J connectivity index is 1.65. The summed E-state index contributed by atoms with van der Waals surface area (Å²) in [5.74, 6) is -0.937. The molecule has 37 heavy (non-hydrogen) atoms. The van der Waals surface area contributed by atoms with Crippen LogP contribution in [0.2, 0.25) is 5.02 Å². The summed E-state index contributed by atoms with van der Waals surface area (Å²) in [6.45, 7) is 1.67. The molecular weight excluding hydrogens is 513 g/mol. The predicted molar refractivity (Wildman–Crippen MR) is 130 cm³/mol. The first-order chi connectivity index (χ1) is 17.5. The molecule has 0 fully saturated rings. The topological polar surface area (TPSA) is 128 Å². The molecule has 1 amide bonds. The van der Waals surface area contributed by atoms with Crippen LogP contribution >= 0.6 is 11.6 Å². The lowest BCUT2D eigenvalue weighted by molar-refractivity contribution is -0.136. The number of halogens is 4. The van der Waals surface area contributed by atoms with E-state index in [1.807, 2.05) is 0 Å². The number of anilines is 1. The molecule has 9 nitrogen and oxygen atoms in total. The summed E-state index contributed by atoms with van der Waals surface area (Å²) in [5, 5.41) is 17.5. The van der Waals surface area contributed by atoms with Crippen molar-refractivity contribution in [3.05, 3.63) is 70.1 Å². The van der Waals surface area contributed by atoms with Crippen molar-refractivity contribution in [1.29, 1.82) is 0 Å². The number of aliphatic hydroxyl groups is 1. The highest BCUT2D eigenvalue weighted by Crippen LogP contribution is 2.39. The van der Waals surface area contributed by atoms with Crippen LogP contribution in [0, 0.1) is 6.92 Å². The lowest BCUT2D eigenvalue weighted by Gasteiger charge is -2.14. The first kappa shape index (κ1) is 26.2. The third-order valence-corrected chi connectivity index (χ3v) is 5.99. The maximum Gasteiger partial charge on any atom is 0.418 e. The number of carbonyl (C=O) groups excluding carboxylic acids is 1. The number of pyridine rings is 1. The molecule has 0 radical (unpaired) electrons. The molecule has 1 atom stereocenters. The van der Waals surface area contributed by atoms with E-state index < -0.39 is 29.3 Å². The molecule has 0 aliphatic heterocycles. The highest BCUT2D eigenvalue weighted by molar-refractivity contribution is 6.30. The van der Waals surface area contributed by atoms with E-state index in [1.54, 1.807) is 31.2 Å². The standard InChI is InChI=1S/C24H22ClF3N6O3/c1-12-15(18-10-17(24(26,27)28)20-21(29)31-11-32-34(18)20)9-16(23(33-12)37-2)22(36)30-8-7-19(35)13-3-5-14(25)6-4-13/h3-6,9-11,19,35H,7-8H2,1-2H3,(H,30,36)(H2,29,31,32)/t19-/m0/s1. The van der Waals surface area contributed by atoms with Crippen LogP contribution in [0.5, 0.6) is 5.88 Å². The number of alkyl halides is 3. The van der Waals surface area contributed by atoms with Crippen molar-refractivity contribution >= 4 is 28.8 Å². The van der Waals surface area contributed by atoms with Gasteiger partial charge in [-0.3, -0.25) is 4.79 Å². The Labute approximate surface area is 214 Å². The van der Waals surface area contributed by atoms with E-state index in [9.17, 15) is 23.1 Å². The number of nitrogens with two attached hydrogens (primary N) is 1. The molecular formula is C24H22ClF3N6O3. The van der Waals surface area contributed by atoms with E-state index >= 15 is 0 Å². The number of aryl methyl sites for hydroxylation is 1. The molecule has 194 valence electrons. The number of methoxy groups -OCH3 is 1. The minimum atomic E-state index is -4.72. The molecule has 0 unspecified atom stereocenters. The van der Waals surface area contributed by atoms with Crippen LogP contribution in [0.25, 0.3) is 16.8 Å². The molecule has 1 aromatic carbocycles. The summed E-state index contributed by atoms with van der Waals surface area (Å²) in [6.07, 6.45) is -4.32. The average molecular weight is 535 g/mol. The van der Waals surface area contributed by atoms with Gasteiger partial charge in [0.1, 0.15) is 17.4 Å². The number of amides is 1. The molecule has 0 saturated heterocycles. The zero-order valence-electron chi connectivity index (χ0n) is 19.7. The van der Waals surface area contributed by atoms with Gasteiger partial charge in [-0.25, -0.2) is 14.5 Å². The Morgan fingerprint density at radius 1 is 1.27 bits per heavy atom. The Bertz CT molecular complexity index is 1460. The van der Waals surface area contributed by atoms with E-state index in [0.717, 1.165) is 16.9 Å². The fraction of sp³-hybridized carbons (Fsp3) is 0.250. The van der Waals surface area contributed by atoms with Crippen molar-refractivity contribution < 1.29 is 27.8 Å². The van der Waals surface area contributed by atoms with Crippen molar-refractivity contribution in [2.24, 2.45) is 0 Å². The first-order valence-electron chi connectivity index (χ1n) is 11.0. The normalized spacial score (nSPS) is 12.5. The van der Waals surface area contributed by atoms with Crippen molar-refractivity contribution in [3.63, 3.8) is 0 Å². The lowest BCUT2D eigenvalue weighted by atomic mass is 10.1. The third-order valence-electron chi connectivity index (χ3n) is 5.74. The van der Waals surface area contributed by atoms with Gasteiger partial charge in [-0.05, 0) is 43.2 Å². The van der Waals surface area contributed by atoms with Crippen LogP contribution in [0.4, 0.5) is 19.0 Å². The minimum absolute atomic E-state index is 0.00498. The number of benzene rings is 1. The van der Waals surface area contributed by atoms with Crippen LogP contribution in [0.15, 0.2) is 42.7 Å². The number of fused-ring (bicyclic) bond motifs is 1. The van der Waals surface area contributed by atoms with Gasteiger partial charge < -0.3 is 20.9 Å². The molecule has 0 bridgehead atoms. The number of carbonyl (C=O) groups is 1. The molecule has 13 heteroatoms. The second kappa shape index (κ2) is 10.2. The Kier molecular flexibility index (Phi) is 7.23. The van der Waals surface area contributed by atoms with Gasteiger partial charge in [-0.1, -0.05) is 23.7 Å². The minimum Gasteiger partial charge on any atom is -0.480 e. The fourth-order valence-electron chi connectivity index (χ4n) is 3.91. The fourth-order valence-corrected chi connectivity index (χ4v) is 4.03. The second-order valence-corrected chi connectivity index (χ2v) is 8.57. The maximum absolute atomic E-state index is 13.7. The molecule has 4 aromatic rings. The van der Waals surface area contributed by atoms with Gasteiger partial charge in [0.25, 0.3) is 5.91 Å². The van der Waals surface area contributed by atoms with Crippen molar-refractivity contribution in [2.75, 3.05) is 19.4 Å². The Morgan fingerprint density at radius 2 is 1.97 bits per heavy atom. The van der Waals surface area contributed by atoms with Gasteiger partial charge in [0, 0.05) is 17.1 Å². The molecule has 3 aromatic heterocycles. The molecule has 3 heterocycles. The van der Waals surface area contributed by atoms with Crippen molar-refractivity contribution in [3.8, 4) is 17.1 Å². The van der Waals surface area contributed by atoms with E-state index in [-0.39, 0.29) is 41.5 Å². The highest BCUT2D eigenvalue weighted by atomic mass is 35.5. The number of rotatable bonds is 7. The average Bonchev–Trinajstić information content (AvgIpc) is 3.25. The molecule has 0 aliphatic rings. The second-order valence-electron chi connectivity index (χ2n) is 8.14. The summed E-state index contributed by atoms with van der Waals surface area (Å²) in [5.41, 5.74) is 5.50. The highest BCUT2D eigenvalue weighted by Gasteiger charge is 2.37. The van der Waals surface area contributed by atoms with Gasteiger partial charge >= 0.3 is 6.18 Å². The SMILES string of the molecule is COc1nc(C)c(-c2cc(C(F)(F)F)c3c(N)ncnn23)cc1C(=O)NCC[C@H](O)c1ccc(Cl)cc1. The summed E-state index contributed by atoms with van der Waals surface area (Å²) < 4.78 is 47.5. The number of nitrogens with one attached hydrogen (secondary N) is 1. The third kappa shape index (κ3) is 5.30. The van der Waals surface area contributed by atoms with Crippen LogP contribution in [-0.4, -0.2) is 44.3 Å². The van der Waals surface area contributed by atoms with Gasteiger partial charge in [-0.2, -0.15) is 18.3 Å². The Morgan fingerprint density at radius 3 is 2.62 bits per heavy atom. The van der Waals surface area contributed by atoms with E-state index in [0.29, 0.717) is 16.3 Å². The van der Waals surface area contributed by atoms with Crippen molar-refractivity contribution in [2.45, 2.75) is 25.6 Å². The van der Waals surface area contributed by atoms with Crippen molar-refractivity contribution in [1.82, 2.24) is 24.9 Å². The van der Waals surface area contributed by atoms with E-state index in [4.69, 9.17) is 22.1 Å². The predicted octanol–water partition coefficient (Wildman–Crippen LogP) is 4.22. The zero-order valence-corrected chi connectivity index (χ0v) is 20.4. The van der Waals surface area contributed by atoms with Crippen LogP contribution in [0.3, 0.4) is 0 Å². The number of aliphatic hydroxyl groups excluding tert-OH is 1. The quantitative estimate of drug-likeness (QED) is 0.324. The molecule has 4 rings (SSSR count). The maximum atomic E-state index is 13.7. The molecule has 0 aliphatic carbocycles. The first-order valence-corrected chi connectivity index (χ1v) is 11.4. The van der Waals surface area contributed by atoms with Gasteiger partial charge in [0.15, 0.2) is 5.82 Å². The number of aromatic nitrogens is 4. The summed E-state index contributed by atoms with van der Waals surface area (Å²) in [4.78, 5) is 21.0. The van der Waals surface area contributed by atoms with Crippen LogP contribution in [0.1, 0.15) is 39.7 Å². The zero-order chi connectivity index (χ0) is 26.9. The van der Waals surface area contributed by atoms with Gasteiger partial charge in [0.2, 0.25) is 5.88 Å². The molecule has 0 saturated carbocycles. The summed E-state index contributed by atoms with van der Waals surface area (Å²) in [7, 11) is 1.32. The summed E-state index contributed by atoms with van der Waals surface area (Å²) in [6, 6.07) is 8.93.